The number of carbonyl (C=O) groups is 3. The van der Waals surface area contributed by atoms with Crippen molar-refractivity contribution in [3.05, 3.63) is 77.2 Å². The van der Waals surface area contributed by atoms with Gasteiger partial charge in [-0.15, -0.1) is 0 Å². The number of hydrogen-bond donors (Lipinski definition) is 2. The van der Waals surface area contributed by atoms with Gasteiger partial charge in [0.2, 0.25) is 0 Å². The first-order valence-electron chi connectivity index (χ1n) is 9.60. The van der Waals surface area contributed by atoms with Crippen molar-refractivity contribution in [3.8, 4) is 11.3 Å². The topological polar surface area (TPSA) is 97.6 Å². The molecule has 1 aliphatic carbocycles. The highest BCUT2D eigenvalue weighted by molar-refractivity contribution is 6.24. The number of rotatable bonds is 5. The monoisotopic (exact) mass is 404 g/mol. The molecule has 1 fully saturated rings. The van der Waals surface area contributed by atoms with Gasteiger partial charge in [-0.2, -0.15) is 0 Å². The minimum Gasteiger partial charge on any atom is -0.462 e. The zero-order chi connectivity index (χ0) is 21.1. The van der Waals surface area contributed by atoms with E-state index in [0.29, 0.717) is 48.1 Å². The van der Waals surface area contributed by atoms with Crippen LogP contribution < -0.4 is 10.6 Å². The van der Waals surface area contributed by atoms with Gasteiger partial charge in [-0.25, -0.2) is 4.79 Å². The normalized spacial score (nSPS) is 17.6. The molecule has 1 aromatic carbocycles. The summed E-state index contributed by atoms with van der Waals surface area (Å²) in [4.78, 5) is 36.2. The van der Waals surface area contributed by atoms with E-state index in [2.05, 4.69) is 10.6 Å². The molecule has 1 aliphatic heterocycles. The lowest BCUT2D eigenvalue weighted by Crippen LogP contribution is -2.15. The second kappa shape index (κ2) is 8.34. The largest absolute Gasteiger partial charge is 0.462 e. The number of hydrogen-bond acceptors (Lipinski definition) is 7. The minimum absolute atomic E-state index is 0.241. The van der Waals surface area contributed by atoms with Gasteiger partial charge in [0.25, 0.3) is 0 Å². The van der Waals surface area contributed by atoms with Gasteiger partial charge in [0.1, 0.15) is 11.5 Å². The Morgan fingerprint density at radius 2 is 1.90 bits per heavy atom. The summed E-state index contributed by atoms with van der Waals surface area (Å²) in [5, 5.41) is 6.35. The van der Waals surface area contributed by atoms with E-state index >= 15 is 0 Å². The van der Waals surface area contributed by atoms with Gasteiger partial charge in [0, 0.05) is 29.0 Å². The van der Waals surface area contributed by atoms with Crippen LogP contribution in [-0.4, -0.2) is 37.4 Å². The minimum atomic E-state index is -0.378. The second-order valence-electron chi connectivity index (χ2n) is 6.75. The van der Waals surface area contributed by atoms with Crippen LogP contribution in [0.2, 0.25) is 0 Å². The molecule has 4 rings (SSSR count). The summed E-state index contributed by atoms with van der Waals surface area (Å²) >= 11 is 0. The Bertz CT molecular complexity index is 1090. The van der Waals surface area contributed by atoms with Gasteiger partial charge >= 0.3 is 5.97 Å². The second-order valence-corrected chi connectivity index (χ2v) is 6.75. The van der Waals surface area contributed by atoms with Crippen molar-refractivity contribution in [2.45, 2.75) is 6.92 Å². The van der Waals surface area contributed by atoms with Crippen molar-refractivity contribution < 1.29 is 23.5 Å². The van der Waals surface area contributed by atoms with Gasteiger partial charge in [0.15, 0.2) is 11.6 Å². The molecule has 2 aliphatic rings. The average molecular weight is 404 g/mol. The molecule has 0 bridgehead atoms. The Kier molecular flexibility index (Phi) is 5.45. The number of allylic oxidation sites excluding steroid dienone is 5. The van der Waals surface area contributed by atoms with Crippen molar-refractivity contribution in [1.82, 2.24) is 10.6 Å². The van der Waals surface area contributed by atoms with Crippen LogP contribution in [0.15, 0.2) is 70.3 Å². The molecule has 2 N–H and O–H groups in total. The van der Waals surface area contributed by atoms with Gasteiger partial charge in [-0.3, -0.25) is 14.9 Å². The number of carbonyl (C=O) groups excluding carboxylic acids is 3. The Morgan fingerprint density at radius 1 is 1.10 bits per heavy atom. The van der Waals surface area contributed by atoms with Crippen LogP contribution >= 0.6 is 0 Å². The summed E-state index contributed by atoms with van der Waals surface area (Å²) in [5.41, 5.74) is 2.89. The Balaban J connectivity index is 1.69. The highest BCUT2D eigenvalue weighted by atomic mass is 16.5. The summed E-state index contributed by atoms with van der Waals surface area (Å²) in [6.07, 6.45) is 3.87. The molecule has 152 valence electrons. The van der Waals surface area contributed by atoms with Gasteiger partial charge in [-0.05, 0) is 49.4 Å². The quantitative estimate of drug-likeness (QED) is 0.584. The lowest BCUT2D eigenvalue weighted by molar-refractivity contribution is -0.114. The molecule has 1 saturated heterocycles. The number of furan rings is 1. The fraction of sp³-hybridized carbons (Fsp3) is 0.174. The first kappa shape index (κ1) is 19.6. The predicted octanol–water partition coefficient (Wildman–Crippen LogP) is 2.62. The summed E-state index contributed by atoms with van der Waals surface area (Å²) in [7, 11) is 0. The van der Waals surface area contributed by atoms with E-state index in [0.717, 1.165) is 11.3 Å². The molecule has 0 unspecified atom stereocenters. The standard InChI is InChI=1S/C23H20N2O5/c1-2-29-23(28)15-5-3-14(4-6-15)20-9-10-21(30-20)22(18-12-24-13-25-18)17-11-16(26)7-8-19(17)27/h3-11,24-25H,2,12-13H2,1H3. The maximum atomic E-state index is 12.5. The molecule has 0 atom stereocenters. The lowest BCUT2D eigenvalue weighted by Gasteiger charge is -2.13. The van der Waals surface area contributed by atoms with Crippen LogP contribution in [0.25, 0.3) is 16.9 Å². The highest BCUT2D eigenvalue weighted by Crippen LogP contribution is 2.33. The maximum Gasteiger partial charge on any atom is 0.338 e. The number of ketones is 2. The third-order valence-electron chi connectivity index (χ3n) is 4.78. The van der Waals surface area contributed by atoms with E-state index in [1.807, 2.05) is 0 Å². The molecule has 7 heteroatoms. The van der Waals surface area contributed by atoms with Crippen LogP contribution in [0.3, 0.4) is 0 Å². The number of benzene rings is 1. The zero-order valence-corrected chi connectivity index (χ0v) is 16.4. The molecule has 2 aromatic rings. The Hall–Kier alpha value is -3.71. The molecule has 0 saturated carbocycles. The molecule has 2 heterocycles. The van der Waals surface area contributed by atoms with Crippen LogP contribution in [0.4, 0.5) is 0 Å². The molecular weight excluding hydrogens is 384 g/mol. The van der Waals surface area contributed by atoms with Crippen molar-refractivity contribution in [2.75, 3.05) is 19.8 Å². The van der Waals surface area contributed by atoms with Crippen LogP contribution in [0, 0.1) is 0 Å². The molecule has 1 aromatic heterocycles. The van der Waals surface area contributed by atoms with Gasteiger partial charge in [0.05, 0.1) is 18.8 Å². The van der Waals surface area contributed by atoms with E-state index in [1.165, 1.54) is 18.2 Å². The molecule has 0 radical (unpaired) electrons. The first-order chi connectivity index (χ1) is 14.6. The molecule has 30 heavy (non-hydrogen) atoms. The van der Waals surface area contributed by atoms with E-state index in [9.17, 15) is 14.4 Å². The third-order valence-corrected chi connectivity index (χ3v) is 4.78. The number of esters is 1. The maximum absolute atomic E-state index is 12.5. The molecule has 7 nitrogen and oxygen atoms in total. The average Bonchev–Trinajstić information content (AvgIpc) is 3.44. The van der Waals surface area contributed by atoms with E-state index in [4.69, 9.17) is 9.15 Å². The SMILES string of the molecule is CCOC(=O)c1ccc(-c2ccc(C(C3=CC(=O)C=CC3=O)=C3CNCN3)o2)cc1. The smallest absolute Gasteiger partial charge is 0.338 e. The van der Waals surface area contributed by atoms with E-state index in [-0.39, 0.29) is 17.5 Å². The Morgan fingerprint density at radius 3 is 2.60 bits per heavy atom. The number of ether oxygens (including phenoxy) is 1. The van der Waals surface area contributed by atoms with E-state index < -0.39 is 0 Å². The van der Waals surface area contributed by atoms with Crippen molar-refractivity contribution in [3.63, 3.8) is 0 Å². The molecular formula is C23H20N2O5. The number of nitrogens with one attached hydrogen (secondary N) is 2. The summed E-state index contributed by atoms with van der Waals surface area (Å²) in [6.45, 7) is 3.16. The highest BCUT2D eigenvalue weighted by Gasteiger charge is 2.26. The van der Waals surface area contributed by atoms with Crippen molar-refractivity contribution >= 4 is 23.1 Å². The zero-order valence-electron chi connectivity index (χ0n) is 16.4. The van der Waals surface area contributed by atoms with Crippen LogP contribution in [-0.2, 0) is 14.3 Å². The van der Waals surface area contributed by atoms with Crippen LogP contribution in [0.5, 0.6) is 0 Å². The molecule has 0 amide bonds. The molecule has 0 spiro atoms. The van der Waals surface area contributed by atoms with Crippen molar-refractivity contribution in [2.24, 2.45) is 0 Å². The first-order valence-corrected chi connectivity index (χ1v) is 9.60. The third kappa shape index (κ3) is 3.88. The van der Waals surface area contributed by atoms with Gasteiger partial charge in [-0.1, -0.05) is 12.1 Å². The Labute approximate surface area is 173 Å². The van der Waals surface area contributed by atoms with Gasteiger partial charge < -0.3 is 14.5 Å². The van der Waals surface area contributed by atoms with Crippen molar-refractivity contribution in [1.29, 1.82) is 0 Å². The predicted molar refractivity (Wildman–Crippen MR) is 110 cm³/mol. The lowest BCUT2D eigenvalue weighted by atomic mass is 9.93. The fourth-order valence-corrected chi connectivity index (χ4v) is 3.36. The summed E-state index contributed by atoms with van der Waals surface area (Å²) in [6, 6.07) is 10.5. The summed E-state index contributed by atoms with van der Waals surface area (Å²) in [5.74, 6) is 0.192. The van der Waals surface area contributed by atoms with Crippen LogP contribution in [0.1, 0.15) is 23.0 Å². The summed E-state index contributed by atoms with van der Waals surface area (Å²) < 4.78 is 11.1. The fourth-order valence-electron chi connectivity index (χ4n) is 3.36. The van der Waals surface area contributed by atoms with E-state index in [1.54, 1.807) is 43.3 Å².